The van der Waals surface area contributed by atoms with Crippen molar-refractivity contribution < 1.29 is 0 Å². The lowest BCUT2D eigenvalue weighted by Gasteiger charge is -2.37. The molecule has 0 aliphatic carbocycles. The summed E-state index contributed by atoms with van der Waals surface area (Å²) in [7, 11) is 0. The van der Waals surface area contributed by atoms with Gasteiger partial charge in [-0.05, 0) is 93.6 Å². The Morgan fingerprint density at radius 3 is 2.55 bits per heavy atom. The Kier molecular flexibility index (Phi) is 5.73. The molecule has 166 valence electrons. The summed E-state index contributed by atoms with van der Waals surface area (Å²) < 4.78 is 1.92. The first-order valence-corrected chi connectivity index (χ1v) is 11.4. The molecule has 7 heteroatoms. The van der Waals surface area contributed by atoms with Crippen LogP contribution >= 0.6 is 0 Å². The van der Waals surface area contributed by atoms with E-state index in [-0.39, 0.29) is 17.1 Å². The molecule has 0 radical (unpaired) electrons. The predicted octanol–water partition coefficient (Wildman–Crippen LogP) is 4.10. The third-order valence-corrected chi connectivity index (χ3v) is 7.13. The molecule has 3 aromatic rings. The number of nitrogens with zero attached hydrogens (tertiary/aromatic N) is 5. The fourth-order valence-corrected chi connectivity index (χ4v) is 4.53. The molecule has 1 fully saturated rings. The van der Waals surface area contributed by atoms with E-state index in [9.17, 15) is 4.79 Å². The molecule has 31 heavy (non-hydrogen) atoms. The zero-order valence-corrected chi connectivity index (χ0v) is 19.6. The van der Waals surface area contributed by atoms with Crippen LogP contribution in [0.2, 0.25) is 0 Å². The number of pyridine rings is 1. The average Bonchev–Trinajstić information content (AvgIpc) is 3.23. The average molecular weight is 423 g/mol. The molecule has 3 heterocycles. The number of aromatic nitrogens is 5. The van der Waals surface area contributed by atoms with E-state index in [4.69, 9.17) is 0 Å². The number of benzene rings is 1. The Balaban J connectivity index is 1.93. The summed E-state index contributed by atoms with van der Waals surface area (Å²) in [4.78, 5) is 19.0. The van der Waals surface area contributed by atoms with Crippen molar-refractivity contribution in [3.63, 3.8) is 0 Å². The number of aryl methyl sites for hydroxylation is 2. The van der Waals surface area contributed by atoms with Gasteiger partial charge in [0.2, 0.25) is 0 Å². The van der Waals surface area contributed by atoms with Gasteiger partial charge in [-0.1, -0.05) is 26.0 Å². The molecule has 1 N–H and O–H groups in total. The molecule has 7 nitrogen and oxygen atoms in total. The van der Waals surface area contributed by atoms with Crippen molar-refractivity contribution in [2.75, 3.05) is 13.1 Å². The number of hydrogen-bond donors (Lipinski definition) is 1. The standard InChI is InChI=1S/C24H34N6O/c1-7-24(5,6)30-22(26-27-28-30)21(29-12-10-15(2)11-13-29)19-14-18-16(3)8-9-17(4)20(18)25-23(19)31/h8-9,14-15,21H,7,10-13H2,1-6H3,(H,25,31). The highest BCUT2D eigenvalue weighted by Gasteiger charge is 2.35. The van der Waals surface area contributed by atoms with Crippen LogP contribution in [0.4, 0.5) is 0 Å². The largest absolute Gasteiger partial charge is 0.321 e. The van der Waals surface area contributed by atoms with E-state index in [1.54, 1.807) is 0 Å². The Bertz CT molecular complexity index is 1140. The second-order valence-electron chi connectivity index (χ2n) is 9.78. The number of piperidine rings is 1. The van der Waals surface area contributed by atoms with Crippen LogP contribution in [0.15, 0.2) is 23.0 Å². The van der Waals surface area contributed by atoms with Gasteiger partial charge in [-0.15, -0.1) is 5.10 Å². The minimum atomic E-state index is -0.276. The molecule has 1 aliphatic rings. The van der Waals surface area contributed by atoms with Crippen molar-refractivity contribution in [3.05, 3.63) is 51.1 Å². The van der Waals surface area contributed by atoms with E-state index in [0.717, 1.165) is 65.8 Å². The number of nitrogens with one attached hydrogen (secondary N) is 1. The van der Waals surface area contributed by atoms with Crippen molar-refractivity contribution >= 4 is 10.9 Å². The van der Waals surface area contributed by atoms with Crippen LogP contribution in [-0.4, -0.2) is 43.2 Å². The van der Waals surface area contributed by atoms with Crippen molar-refractivity contribution in [2.45, 2.75) is 72.4 Å². The minimum absolute atomic E-state index is 0.0614. The Labute approximate surface area is 183 Å². The second kappa shape index (κ2) is 8.19. The topological polar surface area (TPSA) is 79.7 Å². The molecule has 1 saturated heterocycles. The molecule has 2 aromatic heterocycles. The summed E-state index contributed by atoms with van der Waals surface area (Å²) in [5.74, 6) is 1.44. The molecule has 0 bridgehead atoms. The van der Waals surface area contributed by atoms with Gasteiger partial charge in [-0.3, -0.25) is 9.69 Å². The summed E-state index contributed by atoms with van der Waals surface area (Å²) in [5.41, 5.74) is 3.55. The molecule has 1 atom stereocenters. The normalized spacial score (nSPS) is 17.4. The summed E-state index contributed by atoms with van der Waals surface area (Å²) in [6.07, 6.45) is 3.11. The summed E-state index contributed by atoms with van der Waals surface area (Å²) >= 11 is 0. The highest BCUT2D eigenvalue weighted by Crippen LogP contribution is 2.33. The number of hydrogen-bond acceptors (Lipinski definition) is 5. The second-order valence-corrected chi connectivity index (χ2v) is 9.78. The molecule has 1 aliphatic heterocycles. The van der Waals surface area contributed by atoms with Gasteiger partial charge in [0.05, 0.1) is 11.1 Å². The summed E-state index contributed by atoms with van der Waals surface area (Å²) in [6.45, 7) is 14.7. The van der Waals surface area contributed by atoms with Crippen LogP contribution in [0.3, 0.4) is 0 Å². The number of aromatic amines is 1. The molecule has 1 aromatic carbocycles. The van der Waals surface area contributed by atoms with Gasteiger partial charge >= 0.3 is 0 Å². The zero-order chi connectivity index (χ0) is 22.3. The third-order valence-electron chi connectivity index (χ3n) is 7.13. The number of H-pyrrole nitrogens is 1. The van der Waals surface area contributed by atoms with Gasteiger partial charge in [0.25, 0.3) is 5.56 Å². The smallest absolute Gasteiger partial charge is 0.253 e. The minimum Gasteiger partial charge on any atom is -0.321 e. The summed E-state index contributed by atoms with van der Waals surface area (Å²) in [6, 6.07) is 5.96. The van der Waals surface area contributed by atoms with Crippen LogP contribution in [0.25, 0.3) is 10.9 Å². The van der Waals surface area contributed by atoms with E-state index in [2.05, 4.69) is 78.2 Å². The van der Waals surface area contributed by atoms with Crippen LogP contribution in [0.1, 0.15) is 75.5 Å². The predicted molar refractivity (Wildman–Crippen MR) is 123 cm³/mol. The maximum atomic E-state index is 13.4. The zero-order valence-electron chi connectivity index (χ0n) is 19.6. The van der Waals surface area contributed by atoms with E-state index in [0.29, 0.717) is 5.92 Å². The number of rotatable bonds is 5. The lowest BCUT2D eigenvalue weighted by Crippen LogP contribution is -2.41. The third kappa shape index (κ3) is 3.91. The summed E-state index contributed by atoms with van der Waals surface area (Å²) in [5, 5.41) is 13.9. The van der Waals surface area contributed by atoms with E-state index >= 15 is 0 Å². The lowest BCUT2D eigenvalue weighted by atomic mass is 9.94. The number of tetrazole rings is 1. The molecule has 0 saturated carbocycles. The monoisotopic (exact) mass is 422 g/mol. The van der Waals surface area contributed by atoms with E-state index < -0.39 is 0 Å². The fourth-order valence-electron chi connectivity index (χ4n) is 4.53. The molecular formula is C24H34N6O. The van der Waals surface area contributed by atoms with Crippen LogP contribution in [0.5, 0.6) is 0 Å². The quantitative estimate of drug-likeness (QED) is 0.670. The van der Waals surface area contributed by atoms with Crippen LogP contribution in [0, 0.1) is 19.8 Å². The van der Waals surface area contributed by atoms with Crippen LogP contribution < -0.4 is 5.56 Å². The van der Waals surface area contributed by atoms with Crippen molar-refractivity contribution in [1.29, 1.82) is 0 Å². The first kappa shape index (κ1) is 21.7. The van der Waals surface area contributed by atoms with Gasteiger partial charge in [-0.25, -0.2) is 4.68 Å². The Morgan fingerprint density at radius 2 is 1.87 bits per heavy atom. The van der Waals surface area contributed by atoms with Crippen molar-refractivity contribution in [1.82, 2.24) is 30.1 Å². The van der Waals surface area contributed by atoms with Crippen LogP contribution in [-0.2, 0) is 5.54 Å². The molecular weight excluding hydrogens is 388 g/mol. The fraction of sp³-hybridized carbons (Fsp3) is 0.583. The SMILES string of the molecule is CCC(C)(C)n1nnnc1C(c1cc2c(C)ccc(C)c2[nH]c1=O)N1CCC(C)CC1. The van der Waals surface area contributed by atoms with Gasteiger partial charge < -0.3 is 4.98 Å². The molecule has 0 amide bonds. The Hall–Kier alpha value is -2.54. The number of fused-ring (bicyclic) bond motifs is 1. The lowest BCUT2D eigenvalue weighted by molar-refractivity contribution is 0.143. The maximum absolute atomic E-state index is 13.4. The highest BCUT2D eigenvalue weighted by atomic mass is 16.1. The highest BCUT2D eigenvalue weighted by molar-refractivity contribution is 5.85. The van der Waals surface area contributed by atoms with Gasteiger partial charge in [0.1, 0.15) is 6.04 Å². The Morgan fingerprint density at radius 1 is 1.19 bits per heavy atom. The number of likely N-dealkylation sites (tertiary alicyclic amines) is 1. The van der Waals surface area contributed by atoms with Crippen molar-refractivity contribution in [2.24, 2.45) is 5.92 Å². The first-order valence-electron chi connectivity index (χ1n) is 11.4. The molecule has 4 rings (SSSR count). The van der Waals surface area contributed by atoms with Gasteiger partial charge in [0.15, 0.2) is 5.82 Å². The van der Waals surface area contributed by atoms with Gasteiger partial charge in [-0.2, -0.15) is 0 Å². The van der Waals surface area contributed by atoms with Crippen molar-refractivity contribution in [3.8, 4) is 0 Å². The maximum Gasteiger partial charge on any atom is 0.253 e. The van der Waals surface area contributed by atoms with E-state index in [1.807, 2.05) is 11.6 Å². The molecule has 1 unspecified atom stereocenters. The molecule has 0 spiro atoms. The van der Waals surface area contributed by atoms with E-state index in [1.165, 1.54) is 0 Å². The first-order chi connectivity index (χ1) is 14.7. The van der Waals surface area contributed by atoms with Gasteiger partial charge in [0, 0.05) is 10.9 Å².